The number of rotatable bonds is 4. The summed E-state index contributed by atoms with van der Waals surface area (Å²) in [7, 11) is 0. The summed E-state index contributed by atoms with van der Waals surface area (Å²) in [5.41, 5.74) is 0. The van der Waals surface area contributed by atoms with Gasteiger partial charge in [-0.2, -0.15) is 0 Å². The average Bonchev–Trinajstić information content (AvgIpc) is 2.86. The molecule has 0 amide bonds. The van der Waals surface area contributed by atoms with E-state index in [1.807, 2.05) is 34.7 Å². The van der Waals surface area contributed by atoms with Gasteiger partial charge in [0, 0.05) is 10.8 Å². The molecule has 5 heteroatoms. The van der Waals surface area contributed by atoms with Gasteiger partial charge in [0.1, 0.15) is 0 Å². The lowest BCUT2D eigenvalue weighted by atomic mass is 10.1. The summed E-state index contributed by atoms with van der Waals surface area (Å²) in [5, 5.41) is 1.50. The van der Waals surface area contributed by atoms with Crippen LogP contribution in [0.4, 0.5) is 8.78 Å². The van der Waals surface area contributed by atoms with Crippen LogP contribution < -0.4 is 4.74 Å². The zero-order chi connectivity index (χ0) is 15.0. The number of hydrogen-bond acceptors (Lipinski definition) is 2. The first-order chi connectivity index (χ1) is 10.1. The smallest absolute Gasteiger partial charge is 0.182 e. The second kappa shape index (κ2) is 6.04. The van der Waals surface area contributed by atoms with E-state index in [-0.39, 0.29) is 17.4 Å². The Morgan fingerprint density at radius 1 is 1.05 bits per heavy atom. The van der Waals surface area contributed by atoms with E-state index in [2.05, 4.69) is 6.92 Å². The summed E-state index contributed by atoms with van der Waals surface area (Å²) in [5.74, 6) is -0.418. The first kappa shape index (κ1) is 15.0. The Balaban J connectivity index is 2.15. The molecular formula is C16H13F2IOS. The van der Waals surface area contributed by atoms with Crippen molar-refractivity contribution >= 4 is 54.1 Å². The van der Waals surface area contributed by atoms with Crippen molar-refractivity contribution in [3.8, 4) is 5.75 Å². The minimum absolute atomic E-state index is 0.248. The molecule has 0 spiro atoms. The number of benzene rings is 2. The Morgan fingerprint density at radius 3 is 2.43 bits per heavy atom. The van der Waals surface area contributed by atoms with Crippen molar-refractivity contribution in [3.63, 3.8) is 0 Å². The van der Waals surface area contributed by atoms with Gasteiger partial charge in [-0.05, 0) is 47.2 Å². The maximum atomic E-state index is 14.5. The van der Waals surface area contributed by atoms with E-state index in [1.165, 1.54) is 0 Å². The van der Waals surface area contributed by atoms with Crippen molar-refractivity contribution < 1.29 is 13.5 Å². The van der Waals surface area contributed by atoms with Crippen LogP contribution in [0, 0.1) is 15.2 Å². The van der Waals surface area contributed by atoms with E-state index in [0.29, 0.717) is 19.6 Å². The van der Waals surface area contributed by atoms with E-state index < -0.39 is 0 Å². The SMILES string of the molecule is CCCCOc1ccc2c(sc3c(F)c(I)ccc32)c1F. The van der Waals surface area contributed by atoms with Gasteiger partial charge in [-0.15, -0.1) is 11.3 Å². The molecule has 0 atom stereocenters. The molecule has 0 aliphatic rings. The third-order valence-corrected chi connectivity index (χ3v) is 5.40. The van der Waals surface area contributed by atoms with Gasteiger partial charge in [0.05, 0.1) is 19.6 Å². The summed E-state index contributed by atoms with van der Waals surface area (Å²) in [6.45, 7) is 2.55. The second-order valence-electron chi connectivity index (χ2n) is 4.80. The first-order valence-electron chi connectivity index (χ1n) is 6.75. The van der Waals surface area contributed by atoms with Gasteiger partial charge in [0.2, 0.25) is 0 Å². The van der Waals surface area contributed by atoms with Gasteiger partial charge in [-0.3, -0.25) is 0 Å². The topological polar surface area (TPSA) is 9.23 Å². The third kappa shape index (κ3) is 2.61. The summed E-state index contributed by atoms with van der Waals surface area (Å²) in [6.07, 6.45) is 1.88. The first-order valence-corrected chi connectivity index (χ1v) is 8.64. The van der Waals surface area contributed by atoms with Gasteiger partial charge in [0.15, 0.2) is 17.4 Å². The summed E-state index contributed by atoms with van der Waals surface area (Å²) in [6, 6.07) is 7.00. The van der Waals surface area contributed by atoms with E-state index in [9.17, 15) is 8.78 Å². The lowest BCUT2D eigenvalue weighted by Crippen LogP contribution is -1.98. The highest BCUT2D eigenvalue weighted by Gasteiger charge is 2.16. The van der Waals surface area contributed by atoms with Gasteiger partial charge in [0.25, 0.3) is 0 Å². The number of ether oxygens (including phenoxy) is 1. The molecule has 0 aliphatic carbocycles. The molecule has 21 heavy (non-hydrogen) atoms. The zero-order valence-electron chi connectivity index (χ0n) is 11.4. The molecule has 0 aliphatic heterocycles. The van der Waals surface area contributed by atoms with Crippen molar-refractivity contribution in [2.45, 2.75) is 19.8 Å². The van der Waals surface area contributed by atoms with Crippen LogP contribution in [-0.4, -0.2) is 6.61 Å². The maximum absolute atomic E-state index is 14.5. The van der Waals surface area contributed by atoms with Crippen molar-refractivity contribution in [2.24, 2.45) is 0 Å². The molecule has 2 aromatic carbocycles. The van der Waals surface area contributed by atoms with E-state index >= 15 is 0 Å². The van der Waals surface area contributed by atoms with Crippen LogP contribution in [0.2, 0.25) is 0 Å². The minimum atomic E-state index is -0.390. The average molecular weight is 418 g/mol. The van der Waals surface area contributed by atoms with Crippen LogP contribution in [0.5, 0.6) is 5.75 Å². The monoisotopic (exact) mass is 418 g/mol. The summed E-state index contributed by atoms with van der Waals surface area (Å²) in [4.78, 5) is 0. The highest BCUT2D eigenvalue weighted by atomic mass is 127. The molecule has 110 valence electrons. The summed E-state index contributed by atoms with van der Waals surface area (Å²) >= 11 is 3.10. The molecule has 0 N–H and O–H groups in total. The summed E-state index contributed by atoms with van der Waals surface area (Å²) < 4.78 is 35.7. The van der Waals surface area contributed by atoms with Crippen LogP contribution in [0.3, 0.4) is 0 Å². The van der Waals surface area contributed by atoms with E-state index in [4.69, 9.17) is 4.74 Å². The highest BCUT2D eigenvalue weighted by molar-refractivity contribution is 14.1. The number of halogens is 3. The number of thiophene rings is 1. The Hall–Kier alpha value is -0.950. The Labute approximate surface area is 139 Å². The van der Waals surface area contributed by atoms with Crippen molar-refractivity contribution in [1.29, 1.82) is 0 Å². The number of unbranched alkanes of at least 4 members (excludes halogenated alkanes) is 1. The molecule has 0 saturated heterocycles. The Morgan fingerprint density at radius 2 is 1.71 bits per heavy atom. The highest BCUT2D eigenvalue weighted by Crippen LogP contribution is 2.40. The molecule has 0 fully saturated rings. The molecule has 0 bridgehead atoms. The van der Waals surface area contributed by atoms with Gasteiger partial charge in [-0.25, -0.2) is 8.78 Å². The fourth-order valence-corrected chi connectivity index (χ4v) is 4.04. The van der Waals surface area contributed by atoms with Crippen LogP contribution in [0.15, 0.2) is 24.3 Å². The Kier molecular flexibility index (Phi) is 4.31. The molecule has 0 unspecified atom stereocenters. The fourth-order valence-electron chi connectivity index (χ4n) is 2.23. The molecule has 3 aromatic rings. The quantitative estimate of drug-likeness (QED) is 0.367. The van der Waals surface area contributed by atoms with Crippen molar-refractivity contribution in [2.75, 3.05) is 6.61 Å². The molecule has 1 aromatic heterocycles. The predicted octanol–water partition coefficient (Wildman–Crippen LogP) is 6.12. The largest absolute Gasteiger partial charge is 0.490 e. The molecule has 0 saturated carbocycles. The lowest BCUT2D eigenvalue weighted by molar-refractivity contribution is 0.295. The third-order valence-electron chi connectivity index (χ3n) is 3.36. The maximum Gasteiger partial charge on any atom is 0.182 e. The van der Waals surface area contributed by atoms with Crippen LogP contribution in [0.1, 0.15) is 19.8 Å². The normalized spacial score (nSPS) is 11.4. The molecular weight excluding hydrogens is 405 g/mol. The number of fused-ring (bicyclic) bond motifs is 3. The molecule has 3 rings (SSSR count). The minimum Gasteiger partial charge on any atom is -0.490 e. The van der Waals surface area contributed by atoms with Crippen LogP contribution in [0.25, 0.3) is 20.2 Å². The molecule has 0 radical (unpaired) electrons. The Bertz CT molecular complexity index is 813. The van der Waals surface area contributed by atoms with Gasteiger partial charge in [-0.1, -0.05) is 19.4 Å². The standard InChI is InChI=1S/C16H13F2IOS/c1-2-3-8-20-12-7-5-10-9-4-6-11(19)13(17)15(9)21-16(10)14(12)18/h4-7H,2-3,8H2,1H3. The van der Waals surface area contributed by atoms with Crippen LogP contribution >= 0.6 is 33.9 Å². The predicted molar refractivity (Wildman–Crippen MR) is 92.4 cm³/mol. The van der Waals surface area contributed by atoms with Crippen molar-refractivity contribution in [1.82, 2.24) is 0 Å². The lowest BCUT2D eigenvalue weighted by Gasteiger charge is -2.06. The van der Waals surface area contributed by atoms with Gasteiger partial charge < -0.3 is 4.74 Å². The van der Waals surface area contributed by atoms with Gasteiger partial charge >= 0.3 is 0 Å². The molecule has 1 nitrogen and oxygen atoms in total. The zero-order valence-corrected chi connectivity index (χ0v) is 14.4. The second-order valence-corrected chi connectivity index (χ2v) is 6.98. The van der Waals surface area contributed by atoms with E-state index in [0.717, 1.165) is 35.0 Å². The fraction of sp³-hybridized carbons (Fsp3) is 0.250. The van der Waals surface area contributed by atoms with Crippen LogP contribution in [-0.2, 0) is 0 Å². The van der Waals surface area contributed by atoms with Crippen molar-refractivity contribution in [3.05, 3.63) is 39.5 Å². The molecule has 1 heterocycles. The van der Waals surface area contributed by atoms with E-state index in [1.54, 1.807) is 12.1 Å². The number of hydrogen-bond donors (Lipinski definition) is 0.